The molecule has 0 aliphatic heterocycles. The van der Waals surface area contributed by atoms with Crippen molar-refractivity contribution in [1.29, 1.82) is 0 Å². The SMILES string of the molecule is CC(C)(C)C(O)COc1ccccc1. The monoisotopic (exact) mass is 194 g/mol. The Labute approximate surface area is 85.5 Å². The maximum absolute atomic E-state index is 9.72. The molecule has 0 amide bonds. The van der Waals surface area contributed by atoms with Crippen molar-refractivity contribution in [2.75, 3.05) is 6.61 Å². The van der Waals surface area contributed by atoms with Gasteiger partial charge < -0.3 is 9.84 Å². The molecular weight excluding hydrogens is 176 g/mol. The Hall–Kier alpha value is -1.02. The molecule has 0 aliphatic rings. The summed E-state index contributed by atoms with van der Waals surface area (Å²) in [6, 6.07) is 9.54. The maximum Gasteiger partial charge on any atom is 0.119 e. The van der Waals surface area contributed by atoms with Gasteiger partial charge in [-0.3, -0.25) is 0 Å². The number of hydrogen-bond donors (Lipinski definition) is 1. The summed E-state index contributed by atoms with van der Waals surface area (Å²) in [5.74, 6) is 0.802. The molecule has 1 aromatic rings. The molecule has 1 unspecified atom stereocenters. The second kappa shape index (κ2) is 4.47. The fourth-order valence-corrected chi connectivity index (χ4v) is 0.942. The van der Waals surface area contributed by atoms with Crippen LogP contribution in [0.5, 0.6) is 5.75 Å². The summed E-state index contributed by atoms with van der Waals surface area (Å²) in [6.45, 7) is 6.32. The highest BCUT2D eigenvalue weighted by molar-refractivity contribution is 5.20. The fraction of sp³-hybridized carbons (Fsp3) is 0.500. The molecular formula is C12H18O2. The van der Waals surface area contributed by atoms with E-state index in [0.717, 1.165) is 5.75 Å². The van der Waals surface area contributed by atoms with Crippen LogP contribution in [0, 0.1) is 5.41 Å². The summed E-state index contributed by atoms with van der Waals surface area (Å²) in [5, 5.41) is 9.72. The average Bonchev–Trinajstić information content (AvgIpc) is 2.14. The summed E-state index contributed by atoms with van der Waals surface area (Å²) >= 11 is 0. The molecule has 0 radical (unpaired) electrons. The Morgan fingerprint density at radius 2 is 1.79 bits per heavy atom. The van der Waals surface area contributed by atoms with Crippen molar-refractivity contribution in [1.82, 2.24) is 0 Å². The van der Waals surface area contributed by atoms with Gasteiger partial charge in [-0.15, -0.1) is 0 Å². The lowest BCUT2D eigenvalue weighted by molar-refractivity contribution is 0.0218. The first-order valence-corrected chi connectivity index (χ1v) is 4.86. The third-order valence-electron chi connectivity index (χ3n) is 2.15. The van der Waals surface area contributed by atoms with Crippen LogP contribution in [-0.2, 0) is 0 Å². The van der Waals surface area contributed by atoms with Crippen LogP contribution in [0.1, 0.15) is 20.8 Å². The molecule has 78 valence electrons. The van der Waals surface area contributed by atoms with Crippen LogP contribution in [0.15, 0.2) is 30.3 Å². The highest BCUT2D eigenvalue weighted by Crippen LogP contribution is 2.20. The molecule has 14 heavy (non-hydrogen) atoms. The maximum atomic E-state index is 9.72. The van der Waals surface area contributed by atoms with Crippen LogP contribution >= 0.6 is 0 Å². The van der Waals surface area contributed by atoms with E-state index >= 15 is 0 Å². The minimum atomic E-state index is -0.442. The first-order valence-electron chi connectivity index (χ1n) is 4.86. The lowest BCUT2D eigenvalue weighted by Gasteiger charge is -2.25. The van der Waals surface area contributed by atoms with Crippen molar-refractivity contribution in [2.24, 2.45) is 5.41 Å². The predicted molar refractivity (Wildman–Crippen MR) is 57.4 cm³/mol. The number of ether oxygens (including phenoxy) is 1. The smallest absolute Gasteiger partial charge is 0.119 e. The molecule has 2 heteroatoms. The molecule has 1 rings (SSSR count). The van der Waals surface area contributed by atoms with Gasteiger partial charge in [0.25, 0.3) is 0 Å². The molecule has 1 aromatic carbocycles. The van der Waals surface area contributed by atoms with Gasteiger partial charge in [0.2, 0.25) is 0 Å². The summed E-state index contributed by atoms with van der Waals surface area (Å²) < 4.78 is 5.44. The van der Waals surface area contributed by atoms with Crippen molar-refractivity contribution in [3.63, 3.8) is 0 Å². The first kappa shape index (κ1) is 11.1. The van der Waals surface area contributed by atoms with Crippen LogP contribution in [0.4, 0.5) is 0 Å². The van der Waals surface area contributed by atoms with Crippen LogP contribution in [0.2, 0.25) is 0 Å². The number of benzene rings is 1. The van der Waals surface area contributed by atoms with E-state index in [-0.39, 0.29) is 5.41 Å². The molecule has 1 N–H and O–H groups in total. The molecule has 2 nitrogen and oxygen atoms in total. The minimum Gasteiger partial charge on any atom is -0.491 e. The van der Waals surface area contributed by atoms with Crippen LogP contribution in [0.3, 0.4) is 0 Å². The molecule has 0 spiro atoms. The van der Waals surface area contributed by atoms with E-state index in [2.05, 4.69) is 0 Å². The van der Waals surface area contributed by atoms with Gasteiger partial charge in [0.1, 0.15) is 12.4 Å². The highest BCUT2D eigenvalue weighted by atomic mass is 16.5. The Morgan fingerprint density at radius 3 is 2.29 bits per heavy atom. The van der Waals surface area contributed by atoms with Crippen molar-refractivity contribution in [2.45, 2.75) is 26.9 Å². The van der Waals surface area contributed by atoms with Crippen LogP contribution in [-0.4, -0.2) is 17.8 Å². The molecule has 0 aliphatic carbocycles. The van der Waals surface area contributed by atoms with E-state index < -0.39 is 6.10 Å². The Kier molecular flexibility index (Phi) is 3.53. The topological polar surface area (TPSA) is 29.5 Å². The molecule has 1 atom stereocenters. The highest BCUT2D eigenvalue weighted by Gasteiger charge is 2.22. The molecule has 0 heterocycles. The largest absolute Gasteiger partial charge is 0.491 e. The summed E-state index contributed by atoms with van der Waals surface area (Å²) in [7, 11) is 0. The number of rotatable bonds is 3. The zero-order valence-corrected chi connectivity index (χ0v) is 9.03. The quantitative estimate of drug-likeness (QED) is 0.801. The standard InChI is InChI=1S/C12H18O2/c1-12(2,3)11(13)9-14-10-7-5-4-6-8-10/h4-8,11,13H,9H2,1-3H3. The van der Waals surface area contributed by atoms with Gasteiger partial charge in [0, 0.05) is 0 Å². The predicted octanol–water partition coefficient (Wildman–Crippen LogP) is 2.47. The lowest BCUT2D eigenvalue weighted by atomic mass is 9.90. The van der Waals surface area contributed by atoms with Gasteiger partial charge in [0.05, 0.1) is 6.10 Å². The number of para-hydroxylation sites is 1. The van der Waals surface area contributed by atoms with E-state index in [1.807, 2.05) is 51.1 Å². The van der Waals surface area contributed by atoms with E-state index in [1.54, 1.807) is 0 Å². The van der Waals surface area contributed by atoms with E-state index in [4.69, 9.17) is 4.74 Å². The third kappa shape index (κ3) is 3.38. The van der Waals surface area contributed by atoms with Crippen molar-refractivity contribution < 1.29 is 9.84 Å². The van der Waals surface area contributed by atoms with E-state index in [9.17, 15) is 5.11 Å². The van der Waals surface area contributed by atoms with Gasteiger partial charge >= 0.3 is 0 Å². The minimum absolute atomic E-state index is 0.130. The number of hydrogen-bond acceptors (Lipinski definition) is 2. The Balaban J connectivity index is 2.42. The molecule has 0 fully saturated rings. The summed E-state index contributed by atoms with van der Waals surface area (Å²) in [6.07, 6.45) is -0.442. The molecule has 0 bridgehead atoms. The second-order valence-corrected chi connectivity index (χ2v) is 4.51. The lowest BCUT2D eigenvalue weighted by Crippen LogP contribution is -2.31. The Bertz CT molecular complexity index is 261. The summed E-state index contributed by atoms with van der Waals surface area (Å²) in [4.78, 5) is 0. The number of aliphatic hydroxyl groups excluding tert-OH is 1. The van der Waals surface area contributed by atoms with Crippen LogP contribution in [0.25, 0.3) is 0 Å². The van der Waals surface area contributed by atoms with Crippen molar-refractivity contribution >= 4 is 0 Å². The van der Waals surface area contributed by atoms with E-state index in [1.165, 1.54) is 0 Å². The first-order chi connectivity index (χ1) is 6.50. The normalized spacial score (nSPS) is 13.7. The van der Waals surface area contributed by atoms with Gasteiger partial charge in [-0.1, -0.05) is 39.0 Å². The summed E-state index contributed by atoms with van der Waals surface area (Å²) in [5.41, 5.74) is -0.130. The molecule has 0 saturated carbocycles. The van der Waals surface area contributed by atoms with Crippen LogP contribution < -0.4 is 4.74 Å². The van der Waals surface area contributed by atoms with E-state index in [0.29, 0.717) is 6.61 Å². The van der Waals surface area contributed by atoms with Crippen molar-refractivity contribution in [3.05, 3.63) is 30.3 Å². The average molecular weight is 194 g/mol. The second-order valence-electron chi connectivity index (χ2n) is 4.51. The zero-order chi connectivity index (χ0) is 10.6. The van der Waals surface area contributed by atoms with Gasteiger partial charge in [0.15, 0.2) is 0 Å². The zero-order valence-electron chi connectivity index (χ0n) is 9.03. The Morgan fingerprint density at radius 1 is 1.21 bits per heavy atom. The number of aliphatic hydroxyl groups is 1. The van der Waals surface area contributed by atoms with Gasteiger partial charge in [-0.05, 0) is 17.5 Å². The van der Waals surface area contributed by atoms with Gasteiger partial charge in [-0.2, -0.15) is 0 Å². The van der Waals surface area contributed by atoms with Crippen molar-refractivity contribution in [3.8, 4) is 5.75 Å². The molecule has 0 saturated heterocycles. The third-order valence-corrected chi connectivity index (χ3v) is 2.15. The fourth-order valence-electron chi connectivity index (χ4n) is 0.942. The molecule has 0 aromatic heterocycles. The van der Waals surface area contributed by atoms with Gasteiger partial charge in [-0.25, -0.2) is 0 Å².